The van der Waals surface area contributed by atoms with E-state index in [1.54, 1.807) is 28.6 Å². The molecule has 1 heterocycles. The van der Waals surface area contributed by atoms with Crippen LogP contribution in [0.4, 0.5) is 0 Å². The number of piperidine rings is 1. The highest BCUT2D eigenvalue weighted by Crippen LogP contribution is 2.27. The lowest BCUT2D eigenvalue weighted by Crippen LogP contribution is -2.43. The van der Waals surface area contributed by atoms with Gasteiger partial charge in [0.05, 0.1) is 4.90 Å². The second kappa shape index (κ2) is 8.67. The molecule has 6 heteroatoms. The van der Waals surface area contributed by atoms with E-state index < -0.39 is 10.0 Å². The van der Waals surface area contributed by atoms with Crippen LogP contribution in [0, 0.1) is 5.92 Å². The van der Waals surface area contributed by atoms with Gasteiger partial charge in [-0.05, 0) is 54.0 Å². The first kappa shape index (κ1) is 21.5. The van der Waals surface area contributed by atoms with Crippen molar-refractivity contribution < 1.29 is 13.2 Å². The Bertz CT molecular complexity index is 932. The van der Waals surface area contributed by atoms with Gasteiger partial charge in [0.15, 0.2) is 0 Å². The molecule has 3 rings (SSSR count). The van der Waals surface area contributed by atoms with E-state index in [1.165, 1.54) is 0 Å². The number of hydrogen-bond acceptors (Lipinski definition) is 3. The molecule has 1 saturated heterocycles. The first-order valence-corrected chi connectivity index (χ1v) is 11.6. The van der Waals surface area contributed by atoms with Crippen molar-refractivity contribution in [3.63, 3.8) is 0 Å². The molecular weight excluding hydrogens is 384 g/mol. The summed E-state index contributed by atoms with van der Waals surface area (Å²) in [5.41, 5.74) is 1.71. The smallest absolute Gasteiger partial charge is 0.251 e. The molecule has 0 unspecified atom stereocenters. The average molecular weight is 415 g/mol. The van der Waals surface area contributed by atoms with Crippen molar-refractivity contribution in [1.29, 1.82) is 0 Å². The lowest BCUT2D eigenvalue weighted by atomic mass is 9.87. The summed E-state index contributed by atoms with van der Waals surface area (Å²) < 4.78 is 27.7. The highest BCUT2D eigenvalue weighted by molar-refractivity contribution is 7.89. The quantitative estimate of drug-likeness (QED) is 0.809. The number of amides is 1. The van der Waals surface area contributed by atoms with Gasteiger partial charge in [0.2, 0.25) is 10.0 Å². The van der Waals surface area contributed by atoms with Crippen molar-refractivity contribution in [3.05, 3.63) is 65.7 Å². The summed E-state index contributed by atoms with van der Waals surface area (Å²) in [5, 5.41) is 2.94. The van der Waals surface area contributed by atoms with Crippen LogP contribution >= 0.6 is 0 Å². The van der Waals surface area contributed by atoms with Gasteiger partial charge in [-0.3, -0.25) is 4.79 Å². The molecule has 29 heavy (non-hydrogen) atoms. The minimum Gasteiger partial charge on any atom is -0.352 e. The second-order valence-corrected chi connectivity index (χ2v) is 10.7. The zero-order valence-electron chi connectivity index (χ0n) is 17.4. The fourth-order valence-corrected chi connectivity index (χ4v) is 5.17. The van der Waals surface area contributed by atoms with Crippen LogP contribution in [0.5, 0.6) is 0 Å². The van der Waals surface area contributed by atoms with Crippen molar-refractivity contribution in [2.75, 3.05) is 19.6 Å². The zero-order valence-corrected chi connectivity index (χ0v) is 18.2. The summed E-state index contributed by atoms with van der Waals surface area (Å²) in [6.45, 7) is 7.74. The number of hydrogen-bond donors (Lipinski definition) is 1. The van der Waals surface area contributed by atoms with Crippen LogP contribution in [0.3, 0.4) is 0 Å². The fourth-order valence-electron chi connectivity index (χ4n) is 3.62. The van der Waals surface area contributed by atoms with Crippen LogP contribution in [0.15, 0.2) is 59.5 Å². The van der Waals surface area contributed by atoms with E-state index >= 15 is 0 Å². The van der Waals surface area contributed by atoms with Crippen LogP contribution in [0.2, 0.25) is 0 Å². The lowest BCUT2D eigenvalue weighted by molar-refractivity contribution is 0.0941. The molecule has 0 saturated carbocycles. The molecule has 1 atom stereocenters. The Morgan fingerprint density at radius 3 is 2.34 bits per heavy atom. The Hall–Kier alpha value is -2.18. The Morgan fingerprint density at radius 2 is 1.72 bits per heavy atom. The molecular formula is C23H30N2O3S. The van der Waals surface area contributed by atoms with E-state index in [9.17, 15) is 13.2 Å². The number of nitrogens with one attached hydrogen (secondary N) is 1. The van der Waals surface area contributed by atoms with Crippen molar-refractivity contribution >= 4 is 15.9 Å². The summed E-state index contributed by atoms with van der Waals surface area (Å²) in [4.78, 5) is 12.6. The summed E-state index contributed by atoms with van der Waals surface area (Å²) in [7, 11) is -3.53. The largest absolute Gasteiger partial charge is 0.352 e. The van der Waals surface area contributed by atoms with Gasteiger partial charge in [-0.2, -0.15) is 4.31 Å². The van der Waals surface area contributed by atoms with E-state index in [0.717, 1.165) is 18.4 Å². The van der Waals surface area contributed by atoms with Gasteiger partial charge < -0.3 is 5.32 Å². The molecule has 0 aromatic heterocycles. The number of rotatable bonds is 5. The summed E-state index contributed by atoms with van der Waals surface area (Å²) in [6.07, 6.45) is 1.70. The first-order chi connectivity index (χ1) is 13.7. The minimum atomic E-state index is -3.53. The van der Waals surface area contributed by atoms with Crippen molar-refractivity contribution in [1.82, 2.24) is 9.62 Å². The Balaban J connectivity index is 1.64. The number of carbonyl (C=O) groups excluding carboxylic acids is 1. The molecule has 2 aromatic carbocycles. The standard InChI is InChI=1S/C23H30N2O3S/c1-23(2,3)20-11-13-21(14-12-20)29(27,28)25-15-7-8-18(17-25)16-24-22(26)19-9-5-4-6-10-19/h4-6,9-14,18H,7-8,15-17H2,1-3H3,(H,24,26)/t18-/m1/s1. The van der Waals surface area contributed by atoms with Crippen LogP contribution < -0.4 is 5.32 Å². The maximum Gasteiger partial charge on any atom is 0.251 e. The fraction of sp³-hybridized carbons (Fsp3) is 0.435. The summed E-state index contributed by atoms with van der Waals surface area (Å²) >= 11 is 0. The van der Waals surface area contributed by atoms with Crippen LogP contribution in [0.1, 0.15) is 49.5 Å². The molecule has 0 bridgehead atoms. The lowest BCUT2D eigenvalue weighted by Gasteiger charge is -2.32. The summed E-state index contributed by atoms with van der Waals surface area (Å²) in [6, 6.07) is 16.3. The normalized spacial score (nSPS) is 18.4. The van der Waals surface area contributed by atoms with E-state index in [-0.39, 0.29) is 17.2 Å². The van der Waals surface area contributed by atoms with Gasteiger partial charge in [-0.15, -0.1) is 0 Å². The molecule has 1 aliphatic heterocycles. The van der Waals surface area contributed by atoms with E-state index in [0.29, 0.717) is 30.1 Å². The SMILES string of the molecule is CC(C)(C)c1ccc(S(=O)(=O)N2CCC[C@H](CNC(=O)c3ccccc3)C2)cc1. The maximum absolute atomic E-state index is 13.1. The number of carbonyl (C=O) groups is 1. The van der Waals surface area contributed by atoms with Gasteiger partial charge >= 0.3 is 0 Å². The van der Waals surface area contributed by atoms with E-state index in [4.69, 9.17) is 0 Å². The van der Waals surface area contributed by atoms with Crippen LogP contribution in [-0.2, 0) is 15.4 Å². The number of sulfonamides is 1. The van der Waals surface area contributed by atoms with E-state index in [2.05, 4.69) is 26.1 Å². The van der Waals surface area contributed by atoms with Crippen molar-refractivity contribution in [3.8, 4) is 0 Å². The summed E-state index contributed by atoms with van der Waals surface area (Å²) in [5.74, 6) is -0.0108. The van der Waals surface area contributed by atoms with Crippen LogP contribution in [-0.4, -0.2) is 38.3 Å². The molecule has 0 spiro atoms. The van der Waals surface area contributed by atoms with Crippen molar-refractivity contribution in [2.45, 2.75) is 43.9 Å². The minimum absolute atomic E-state index is 0.0184. The van der Waals surface area contributed by atoms with Gasteiger partial charge in [0, 0.05) is 25.2 Å². The molecule has 5 nitrogen and oxygen atoms in total. The average Bonchev–Trinajstić information content (AvgIpc) is 2.72. The molecule has 1 aliphatic rings. The first-order valence-electron chi connectivity index (χ1n) is 10.1. The molecule has 1 N–H and O–H groups in total. The maximum atomic E-state index is 13.1. The molecule has 156 valence electrons. The monoisotopic (exact) mass is 414 g/mol. The highest BCUT2D eigenvalue weighted by atomic mass is 32.2. The van der Waals surface area contributed by atoms with Gasteiger partial charge in [0.25, 0.3) is 5.91 Å². The van der Waals surface area contributed by atoms with Gasteiger partial charge in [0.1, 0.15) is 0 Å². The Labute approximate surface area is 174 Å². The zero-order chi connectivity index (χ0) is 21.1. The highest BCUT2D eigenvalue weighted by Gasteiger charge is 2.30. The number of benzene rings is 2. The van der Waals surface area contributed by atoms with Crippen LogP contribution in [0.25, 0.3) is 0 Å². The number of nitrogens with zero attached hydrogens (tertiary/aromatic N) is 1. The third kappa shape index (κ3) is 5.25. The predicted molar refractivity (Wildman–Crippen MR) is 115 cm³/mol. The Kier molecular flexibility index (Phi) is 6.44. The molecule has 1 amide bonds. The second-order valence-electron chi connectivity index (χ2n) is 8.72. The van der Waals surface area contributed by atoms with Gasteiger partial charge in [-0.1, -0.05) is 51.1 Å². The molecule has 0 aliphatic carbocycles. The van der Waals surface area contributed by atoms with E-state index in [1.807, 2.05) is 30.3 Å². The topological polar surface area (TPSA) is 66.5 Å². The molecule has 0 radical (unpaired) electrons. The molecule has 2 aromatic rings. The third-order valence-electron chi connectivity index (χ3n) is 5.43. The van der Waals surface area contributed by atoms with Gasteiger partial charge in [-0.25, -0.2) is 8.42 Å². The molecule has 1 fully saturated rings. The third-order valence-corrected chi connectivity index (χ3v) is 7.31. The van der Waals surface area contributed by atoms with Crippen molar-refractivity contribution in [2.24, 2.45) is 5.92 Å². The predicted octanol–water partition coefficient (Wildman–Crippen LogP) is 3.81. The Morgan fingerprint density at radius 1 is 1.07 bits per heavy atom.